The summed E-state index contributed by atoms with van der Waals surface area (Å²) in [5.41, 5.74) is 12.3. The molecule has 0 aliphatic rings. The first-order chi connectivity index (χ1) is 16.9. The van der Waals surface area contributed by atoms with E-state index in [1.807, 2.05) is 36.4 Å². The lowest BCUT2D eigenvalue weighted by Crippen LogP contribution is -2.40. The molecule has 1 unspecified atom stereocenters. The fourth-order valence-electron chi connectivity index (χ4n) is 3.83. The van der Waals surface area contributed by atoms with Crippen LogP contribution in [0.4, 0.5) is 5.82 Å². The number of aromatic nitrogens is 2. The van der Waals surface area contributed by atoms with Crippen molar-refractivity contribution in [1.82, 2.24) is 14.9 Å². The summed E-state index contributed by atoms with van der Waals surface area (Å²) in [5.74, 6) is -0.0500. The van der Waals surface area contributed by atoms with Gasteiger partial charge in [0.1, 0.15) is 12.8 Å². The summed E-state index contributed by atoms with van der Waals surface area (Å²) in [6.07, 6.45) is 1.29. The van der Waals surface area contributed by atoms with E-state index in [9.17, 15) is 9.59 Å². The molecule has 0 amide bonds. The molecule has 3 rings (SSSR count). The van der Waals surface area contributed by atoms with E-state index in [0.29, 0.717) is 18.5 Å². The number of rotatable bonds is 12. The van der Waals surface area contributed by atoms with Crippen LogP contribution in [0.1, 0.15) is 29.9 Å². The summed E-state index contributed by atoms with van der Waals surface area (Å²) in [6, 6.07) is 20.2. The number of nitrogens with one attached hydrogen (secondary N) is 2. The van der Waals surface area contributed by atoms with Crippen molar-refractivity contribution >= 4 is 18.1 Å². The number of carbonyl (C=O) groups is 1. The number of carbonyl (C=O) groups excluding carboxylic acids is 1. The molecule has 0 aliphatic heterocycles. The Morgan fingerprint density at radius 1 is 1.14 bits per heavy atom. The van der Waals surface area contributed by atoms with Gasteiger partial charge in [-0.05, 0) is 30.1 Å². The molecule has 0 radical (unpaired) electrons. The normalized spacial score (nSPS) is 11.9. The molecule has 3 aromatic rings. The van der Waals surface area contributed by atoms with Crippen molar-refractivity contribution < 1.29 is 9.63 Å². The zero-order chi connectivity index (χ0) is 25.3. The third-order valence-corrected chi connectivity index (χ3v) is 5.74. The number of nitrogens with zero attached hydrogens (tertiary/aromatic N) is 3. The molecule has 1 heterocycles. The minimum absolute atomic E-state index is 0.110. The molecule has 1 atom stereocenters. The van der Waals surface area contributed by atoms with Gasteiger partial charge in [-0.15, -0.1) is 0 Å². The van der Waals surface area contributed by atoms with Gasteiger partial charge in [0.2, 0.25) is 5.96 Å². The molecular formula is C25H31N7O3. The van der Waals surface area contributed by atoms with Gasteiger partial charge in [-0.3, -0.25) is 19.5 Å². The number of aryl methyl sites for hydroxylation is 1. The Morgan fingerprint density at radius 2 is 1.74 bits per heavy atom. The number of hydrogen-bond acceptors (Lipinski definition) is 7. The average molecular weight is 478 g/mol. The number of nitrogens with two attached hydrogens (primary N) is 2. The molecule has 184 valence electrons. The Bertz CT molecular complexity index is 1150. The molecule has 0 saturated heterocycles. The molecule has 0 aliphatic carbocycles. The van der Waals surface area contributed by atoms with Crippen LogP contribution in [0.15, 0.2) is 76.8 Å². The van der Waals surface area contributed by atoms with Gasteiger partial charge in [-0.25, -0.2) is 4.98 Å². The van der Waals surface area contributed by atoms with Crippen LogP contribution < -0.4 is 27.7 Å². The highest BCUT2D eigenvalue weighted by atomic mass is 16.6. The number of guanidine groups is 1. The Balaban J connectivity index is 1.84. The molecule has 1 aromatic heterocycles. The maximum Gasteiger partial charge on any atom is 0.295 e. The van der Waals surface area contributed by atoms with Crippen molar-refractivity contribution in [2.75, 3.05) is 25.0 Å². The van der Waals surface area contributed by atoms with E-state index in [1.165, 1.54) is 4.57 Å². The second-order valence-electron chi connectivity index (χ2n) is 8.23. The van der Waals surface area contributed by atoms with Crippen LogP contribution in [0.25, 0.3) is 0 Å². The largest absolute Gasteiger partial charge is 0.392 e. The average Bonchev–Trinajstić information content (AvgIpc) is 2.87. The minimum atomic E-state index is -0.913. The summed E-state index contributed by atoms with van der Waals surface area (Å²) in [7, 11) is 0. The molecule has 0 saturated carbocycles. The van der Waals surface area contributed by atoms with E-state index in [0.717, 1.165) is 11.1 Å². The van der Waals surface area contributed by atoms with E-state index >= 15 is 0 Å². The quantitative estimate of drug-likeness (QED) is 0.101. The fourth-order valence-corrected chi connectivity index (χ4v) is 3.83. The zero-order valence-corrected chi connectivity index (χ0v) is 19.8. The summed E-state index contributed by atoms with van der Waals surface area (Å²) in [5, 5.41) is 9.61. The Hall–Kier alpha value is -4.18. The monoisotopic (exact) mass is 477 g/mol. The van der Waals surface area contributed by atoms with Gasteiger partial charge in [-0.2, -0.15) is 0 Å². The highest BCUT2D eigenvalue weighted by molar-refractivity contribution is 5.74. The predicted molar refractivity (Wildman–Crippen MR) is 136 cm³/mol. The van der Waals surface area contributed by atoms with Crippen LogP contribution >= 0.6 is 0 Å². The lowest BCUT2D eigenvalue weighted by Gasteiger charge is -2.31. The molecule has 0 bridgehead atoms. The Labute approximate surface area is 204 Å². The molecule has 10 nitrogen and oxygen atoms in total. The molecular weight excluding hydrogens is 446 g/mol. The van der Waals surface area contributed by atoms with E-state index < -0.39 is 17.1 Å². The molecule has 2 aromatic carbocycles. The van der Waals surface area contributed by atoms with Gasteiger partial charge in [0.05, 0.1) is 0 Å². The van der Waals surface area contributed by atoms with Gasteiger partial charge >= 0.3 is 0 Å². The van der Waals surface area contributed by atoms with Gasteiger partial charge < -0.3 is 21.6 Å². The smallest absolute Gasteiger partial charge is 0.295 e. The van der Waals surface area contributed by atoms with Crippen molar-refractivity contribution in [2.24, 2.45) is 16.6 Å². The maximum atomic E-state index is 13.3. The Morgan fingerprint density at radius 3 is 2.29 bits per heavy atom. The molecule has 10 heteroatoms. The maximum absolute atomic E-state index is 13.3. The van der Waals surface area contributed by atoms with Crippen molar-refractivity contribution in [2.45, 2.75) is 25.4 Å². The molecule has 6 N–H and O–H groups in total. The van der Waals surface area contributed by atoms with E-state index in [-0.39, 0.29) is 24.9 Å². The van der Waals surface area contributed by atoms with Gasteiger partial charge in [0.15, 0.2) is 12.1 Å². The lowest BCUT2D eigenvalue weighted by atomic mass is 9.76. The van der Waals surface area contributed by atoms with Crippen molar-refractivity contribution in [3.63, 3.8) is 0 Å². The summed E-state index contributed by atoms with van der Waals surface area (Å²) >= 11 is 0. The minimum Gasteiger partial charge on any atom is -0.392 e. The van der Waals surface area contributed by atoms with Crippen LogP contribution in [-0.2, 0) is 15.0 Å². The number of anilines is 1. The summed E-state index contributed by atoms with van der Waals surface area (Å²) in [4.78, 5) is 34.4. The first-order valence-electron chi connectivity index (χ1n) is 11.2. The summed E-state index contributed by atoms with van der Waals surface area (Å²) in [6.45, 7) is 4.59. The van der Waals surface area contributed by atoms with Crippen LogP contribution in [0.2, 0.25) is 0 Å². The van der Waals surface area contributed by atoms with E-state index in [4.69, 9.17) is 16.3 Å². The first-order valence-corrected chi connectivity index (χ1v) is 11.2. The number of hydrogen-bond donors (Lipinski definition) is 4. The SMILES string of the molecule is Cc1cnc(NCC(C)(c2ccccc2)c2ccccc2)c(=O)n1C(C=O)NCCON=C(N)N. The zero-order valence-electron chi connectivity index (χ0n) is 19.8. The van der Waals surface area contributed by atoms with E-state index in [2.05, 4.69) is 52.0 Å². The Kier molecular flexibility index (Phi) is 8.58. The van der Waals surface area contributed by atoms with Crippen molar-refractivity contribution in [3.05, 3.63) is 94.0 Å². The molecule has 35 heavy (non-hydrogen) atoms. The highest BCUT2D eigenvalue weighted by Crippen LogP contribution is 2.31. The molecule has 0 fully saturated rings. The summed E-state index contributed by atoms with van der Waals surface area (Å²) < 4.78 is 1.35. The number of benzene rings is 2. The molecule has 0 spiro atoms. The van der Waals surface area contributed by atoms with Gasteiger partial charge in [-0.1, -0.05) is 60.7 Å². The van der Waals surface area contributed by atoms with Gasteiger partial charge in [0, 0.05) is 30.4 Å². The highest BCUT2D eigenvalue weighted by Gasteiger charge is 2.29. The third kappa shape index (κ3) is 6.24. The fraction of sp³-hybridized carbons (Fsp3) is 0.280. The predicted octanol–water partition coefficient (Wildman–Crippen LogP) is 1.46. The first kappa shape index (κ1) is 25.4. The van der Waals surface area contributed by atoms with Crippen LogP contribution in [0, 0.1) is 6.92 Å². The van der Waals surface area contributed by atoms with Gasteiger partial charge in [0.25, 0.3) is 5.56 Å². The second-order valence-corrected chi connectivity index (χ2v) is 8.23. The second kappa shape index (κ2) is 11.8. The topological polar surface area (TPSA) is 150 Å². The van der Waals surface area contributed by atoms with Crippen LogP contribution in [0.3, 0.4) is 0 Å². The third-order valence-electron chi connectivity index (χ3n) is 5.74. The lowest BCUT2D eigenvalue weighted by molar-refractivity contribution is -0.111. The number of oxime groups is 1. The standard InChI is InChI=1S/C25H31N7O3/c1-18-15-29-22(23(34)32(18)21(16-33)28-13-14-35-31-24(26)27)30-17-25(2,19-9-5-3-6-10-19)20-11-7-4-8-12-20/h3-12,15-16,21,28H,13-14,17H2,1-2H3,(H,29,30)(H4,26,27,31). The van der Waals surface area contributed by atoms with E-state index in [1.54, 1.807) is 13.1 Å². The van der Waals surface area contributed by atoms with Crippen LogP contribution in [0.5, 0.6) is 0 Å². The van der Waals surface area contributed by atoms with Crippen molar-refractivity contribution in [3.8, 4) is 0 Å². The van der Waals surface area contributed by atoms with Crippen LogP contribution in [-0.4, -0.2) is 41.5 Å². The number of aldehydes is 1. The van der Waals surface area contributed by atoms with Crippen molar-refractivity contribution in [1.29, 1.82) is 0 Å².